The van der Waals surface area contributed by atoms with Gasteiger partial charge in [-0.25, -0.2) is 4.79 Å². The van der Waals surface area contributed by atoms with Crippen molar-refractivity contribution in [2.75, 3.05) is 0 Å². The molecule has 0 aliphatic rings. The topological polar surface area (TPSA) is 37.3 Å². The van der Waals surface area contributed by atoms with Gasteiger partial charge in [-0.2, -0.15) is 0 Å². The highest BCUT2D eigenvalue weighted by Gasteiger charge is 2.11. The fourth-order valence-electron chi connectivity index (χ4n) is 1.37. The molecule has 1 rings (SSSR count). The van der Waals surface area contributed by atoms with Crippen LogP contribution in [0.4, 0.5) is 0 Å². The second-order valence-electron chi connectivity index (χ2n) is 3.17. The SMILES string of the molecule is CCCCc1c(Cl)cccc1C(=O)O. The molecule has 0 fully saturated rings. The van der Waals surface area contributed by atoms with Crippen molar-refractivity contribution in [3.63, 3.8) is 0 Å². The molecule has 1 aromatic rings. The van der Waals surface area contributed by atoms with Crippen molar-refractivity contribution < 1.29 is 9.90 Å². The molecule has 76 valence electrons. The van der Waals surface area contributed by atoms with Crippen LogP contribution in [0.1, 0.15) is 35.7 Å². The van der Waals surface area contributed by atoms with Crippen LogP contribution in [0.5, 0.6) is 0 Å². The molecular formula is C11H13ClO2. The molecular weight excluding hydrogens is 200 g/mol. The standard InChI is InChI=1S/C11H13ClO2/c1-2-3-5-8-9(11(13)14)6-4-7-10(8)12/h4,6-7H,2-3,5H2,1H3,(H,13,14). The van der Waals surface area contributed by atoms with Gasteiger partial charge >= 0.3 is 5.97 Å². The maximum atomic E-state index is 10.9. The third kappa shape index (κ3) is 2.48. The summed E-state index contributed by atoms with van der Waals surface area (Å²) in [7, 11) is 0. The van der Waals surface area contributed by atoms with Crippen molar-refractivity contribution in [1.29, 1.82) is 0 Å². The molecule has 3 heteroatoms. The molecule has 2 nitrogen and oxygen atoms in total. The first kappa shape index (κ1) is 11.1. The van der Waals surface area contributed by atoms with E-state index >= 15 is 0 Å². The Morgan fingerprint density at radius 2 is 2.21 bits per heavy atom. The van der Waals surface area contributed by atoms with Crippen LogP contribution in [-0.2, 0) is 6.42 Å². The molecule has 0 radical (unpaired) electrons. The Morgan fingerprint density at radius 1 is 1.50 bits per heavy atom. The van der Waals surface area contributed by atoms with E-state index in [0.29, 0.717) is 10.6 Å². The number of hydrogen-bond acceptors (Lipinski definition) is 1. The molecule has 0 bridgehead atoms. The molecule has 0 aliphatic carbocycles. The Labute approximate surface area is 88.5 Å². The van der Waals surface area contributed by atoms with Gasteiger partial charge in [0, 0.05) is 5.02 Å². The van der Waals surface area contributed by atoms with Crippen molar-refractivity contribution >= 4 is 17.6 Å². The molecule has 0 saturated carbocycles. The predicted molar refractivity (Wildman–Crippen MR) is 57.0 cm³/mol. The lowest BCUT2D eigenvalue weighted by Crippen LogP contribution is -2.02. The van der Waals surface area contributed by atoms with Crippen molar-refractivity contribution in [3.8, 4) is 0 Å². The summed E-state index contributed by atoms with van der Waals surface area (Å²) < 4.78 is 0. The third-order valence-corrected chi connectivity index (χ3v) is 2.48. The van der Waals surface area contributed by atoms with Crippen molar-refractivity contribution in [3.05, 3.63) is 34.3 Å². The zero-order valence-electron chi connectivity index (χ0n) is 8.09. The van der Waals surface area contributed by atoms with E-state index in [-0.39, 0.29) is 0 Å². The van der Waals surface area contributed by atoms with Crippen LogP contribution in [-0.4, -0.2) is 11.1 Å². The molecule has 1 N–H and O–H groups in total. The number of halogens is 1. The normalized spacial score (nSPS) is 10.1. The van der Waals surface area contributed by atoms with E-state index in [2.05, 4.69) is 6.92 Å². The summed E-state index contributed by atoms with van der Waals surface area (Å²) in [6.07, 6.45) is 2.73. The van der Waals surface area contributed by atoms with Gasteiger partial charge in [0.05, 0.1) is 5.56 Å². The highest BCUT2D eigenvalue weighted by molar-refractivity contribution is 6.31. The summed E-state index contributed by atoms with van der Waals surface area (Å²) in [6.45, 7) is 2.07. The smallest absolute Gasteiger partial charge is 0.336 e. The van der Waals surface area contributed by atoms with Gasteiger partial charge in [0.1, 0.15) is 0 Å². The molecule has 0 heterocycles. The highest BCUT2D eigenvalue weighted by atomic mass is 35.5. The Kier molecular flexibility index (Phi) is 3.96. The van der Waals surface area contributed by atoms with Crippen LogP contribution < -0.4 is 0 Å². The van der Waals surface area contributed by atoms with Crippen molar-refractivity contribution in [2.45, 2.75) is 26.2 Å². The van der Waals surface area contributed by atoms with Gasteiger partial charge in [-0.1, -0.05) is 31.0 Å². The van der Waals surface area contributed by atoms with Crippen LogP contribution in [0, 0.1) is 0 Å². The van der Waals surface area contributed by atoms with Gasteiger partial charge in [0.2, 0.25) is 0 Å². The van der Waals surface area contributed by atoms with E-state index in [1.165, 1.54) is 0 Å². The molecule has 0 amide bonds. The summed E-state index contributed by atoms with van der Waals surface area (Å²) in [5.41, 5.74) is 1.08. The average molecular weight is 213 g/mol. The summed E-state index contributed by atoms with van der Waals surface area (Å²) in [5.74, 6) is -0.904. The molecule has 0 atom stereocenters. The molecule has 0 aliphatic heterocycles. The Bertz CT molecular complexity index is 334. The Hall–Kier alpha value is -1.02. The summed E-state index contributed by atoms with van der Waals surface area (Å²) in [4.78, 5) is 10.9. The number of rotatable bonds is 4. The average Bonchev–Trinajstić information content (AvgIpc) is 2.15. The van der Waals surface area contributed by atoms with Crippen LogP contribution in [0.2, 0.25) is 5.02 Å². The van der Waals surface area contributed by atoms with E-state index in [4.69, 9.17) is 16.7 Å². The Morgan fingerprint density at radius 3 is 2.79 bits per heavy atom. The fourth-order valence-corrected chi connectivity index (χ4v) is 1.64. The van der Waals surface area contributed by atoms with E-state index in [1.807, 2.05) is 0 Å². The van der Waals surface area contributed by atoms with E-state index in [1.54, 1.807) is 18.2 Å². The minimum Gasteiger partial charge on any atom is -0.478 e. The zero-order chi connectivity index (χ0) is 10.6. The maximum Gasteiger partial charge on any atom is 0.336 e. The monoisotopic (exact) mass is 212 g/mol. The summed E-state index contributed by atoms with van der Waals surface area (Å²) in [6, 6.07) is 5.00. The van der Waals surface area contributed by atoms with Gasteiger partial charge in [0.15, 0.2) is 0 Å². The van der Waals surface area contributed by atoms with Gasteiger partial charge < -0.3 is 5.11 Å². The number of hydrogen-bond donors (Lipinski definition) is 1. The molecule has 0 saturated heterocycles. The number of benzene rings is 1. The number of carbonyl (C=O) groups is 1. The number of carboxylic acids is 1. The van der Waals surface area contributed by atoms with Crippen LogP contribution in [0.3, 0.4) is 0 Å². The van der Waals surface area contributed by atoms with Gasteiger partial charge in [-0.15, -0.1) is 0 Å². The first-order valence-electron chi connectivity index (χ1n) is 4.67. The highest BCUT2D eigenvalue weighted by Crippen LogP contribution is 2.22. The summed E-state index contributed by atoms with van der Waals surface area (Å²) in [5, 5.41) is 9.48. The zero-order valence-corrected chi connectivity index (χ0v) is 8.84. The lowest BCUT2D eigenvalue weighted by atomic mass is 10.0. The fraction of sp³-hybridized carbons (Fsp3) is 0.364. The largest absolute Gasteiger partial charge is 0.478 e. The predicted octanol–water partition coefficient (Wildman–Crippen LogP) is 3.38. The number of carboxylic acid groups (broad SMARTS) is 1. The number of unbranched alkanes of at least 4 members (excludes halogenated alkanes) is 1. The second kappa shape index (κ2) is 5.01. The first-order valence-corrected chi connectivity index (χ1v) is 5.05. The van der Waals surface area contributed by atoms with Gasteiger partial charge in [-0.05, 0) is 30.5 Å². The maximum absolute atomic E-state index is 10.9. The third-order valence-electron chi connectivity index (χ3n) is 2.13. The van der Waals surface area contributed by atoms with Gasteiger partial charge in [-0.3, -0.25) is 0 Å². The van der Waals surface area contributed by atoms with Crippen molar-refractivity contribution in [1.82, 2.24) is 0 Å². The molecule has 0 aromatic heterocycles. The van der Waals surface area contributed by atoms with Crippen LogP contribution in [0.25, 0.3) is 0 Å². The minimum atomic E-state index is -0.904. The van der Waals surface area contributed by atoms with Crippen LogP contribution >= 0.6 is 11.6 Å². The molecule has 14 heavy (non-hydrogen) atoms. The van der Waals surface area contributed by atoms with E-state index in [9.17, 15) is 4.79 Å². The van der Waals surface area contributed by atoms with Gasteiger partial charge in [0.25, 0.3) is 0 Å². The van der Waals surface area contributed by atoms with Crippen LogP contribution in [0.15, 0.2) is 18.2 Å². The number of aromatic carboxylic acids is 1. The lowest BCUT2D eigenvalue weighted by molar-refractivity contribution is 0.0695. The Balaban J connectivity index is 3.02. The lowest BCUT2D eigenvalue weighted by Gasteiger charge is -2.06. The molecule has 0 spiro atoms. The van der Waals surface area contributed by atoms with Crippen molar-refractivity contribution in [2.24, 2.45) is 0 Å². The first-order chi connectivity index (χ1) is 6.66. The van der Waals surface area contributed by atoms with E-state index < -0.39 is 5.97 Å². The minimum absolute atomic E-state index is 0.325. The second-order valence-corrected chi connectivity index (χ2v) is 3.58. The molecule has 0 unspecified atom stereocenters. The van der Waals surface area contributed by atoms with E-state index in [0.717, 1.165) is 24.8 Å². The molecule has 1 aromatic carbocycles. The summed E-state index contributed by atoms with van der Waals surface area (Å²) >= 11 is 5.95. The quantitative estimate of drug-likeness (QED) is 0.831.